The standard InChI is InChI=1S/C20H25N3O2S2/c1-15-8-9-17(3)19(14-15)27(24,25)23-12-10-22(11-13-23)20(26)21-18-7-5-4-6-16(18)2/h4-9,14H,10-13H2,1-3H3,(H,21,26). The van der Waals surface area contributed by atoms with Crippen molar-refractivity contribution in [2.24, 2.45) is 0 Å². The Morgan fingerprint density at radius 1 is 0.963 bits per heavy atom. The Kier molecular flexibility index (Phi) is 5.83. The van der Waals surface area contributed by atoms with E-state index in [2.05, 4.69) is 5.32 Å². The van der Waals surface area contributed by atoms with Crippen molar-refractivity contribution in [2.45, 2.75) is 25.7 Å². The number of para-hydroxylation sites is 1. The van der Waals surface area contributed by atoms with Crippen LogP contribution in [0, 0.1) is 20.8 Å². The van der Waals surface area contributed by atoms with Gasteiger partial charge in [-0.2, -0.15) is 4.31 Å². The molecule has 1 aliphatic rings. The Morgan fingerprint density at radius 2 is 1.63 bits per heavy atom. The Morgan fingerprint density at radius 3 is 2.30 bits per heavy atom. The van der Waals surface area contributed by atoms with Gasteiger partial charge in [0.25, 0.3) is 0 Å². The molecular weight excluding hydrogens is 378 g/mol. The zero-order valence-corrected chi connectivity index (χ0v) is 17.5. The highest BCUT2D eigenvalue weighted by molar-refractivity contribution is 7.89. The number of thiocarbonyl (C=S) groups is 1. The summed E-state index contributed by atoms with van der Waals surface area (Å²) >= 11 is 5.53. The van der Waals surface area contributed by atoms with Gasteiger partial charge in [0.15, 0.2) is 5.11 Å². The quantitative estimate of drug-likeness (QED) is 0.797. The zero-order chi connectivity index (χ0) is 19.6. The van der Waals surface area contributed by atoms with Crippen LogP contribution in [0.3, 0.4) is 0 Å². The number of rotatable bonds is 3. The number of sulfonamides is 1. The molecule has 2 aromatic rings. The maximum atomic E-state index is 13.0. The van der Waals surface area contributed by atoms with Gasteiger partial charge in [0.1, 0.15) is 0 Å². The molecule has 5 nitrogen and oxygen atoms in total. The average Bonchev–Trinajstić information content (AvgIpc) is 2.65. The lowest BCUT2D eigenvalue weighted by molar-refractivity contribution is 0.268. The van der Waals surface area contributed by atoms with Crippen LogP contribution < -0.4 is 5.32 Å². The largest absolute Gasteiger partial charge is 0.346 e. The van der Waals surface area contributed by atoms with E-state index in [1.165, 1.54) is 0 Å². The zero-order valence-electron chi connectivity index (χ0n) is 15.9. The van der Waals surface area contributed by atoms with E-state index in [1.54, 1.807) is 10.4 Å². The summed E-state index contributed by atoms with van der Waals surface area (Å²) in [7, 11) is -3.49. The van der Waals surface area contributed by atoms with E-state index in [9.17, 15) is 8.42 Å². The van der Waals surface area contributed by atoms with Gasteiger partial charge in [-0.1, -0.05) is 30.3 Å². The first-order chi connectivity index (χ1) is 12.8. The number of hydrogen-bond donors (Lipinski definition) is 1. The minimum atomic E-state index is -3.49. The minimum Gasteiger partial charge on any atom is -0.346 e. The number of hydrogen-bond acceptors (Lipinski definition) is 3. The summed E-state index contributed by atoms with van der Waals surface area (Å²) in [5, 5.41) is 3.90. The first-order valence-electron chi connectivity index (χ1n) is 8.98. The van der Waals surface area contributed by atoms with Gasteiger partial charge in [-0.05, 0) is 61.8 Å². The third-order valence-electron chi connectivity index (χ3n) is 4.87. The number of anilines is 1. The highest BCUT2D eigenvalue weighted by Crippen LogP contribution is 2.23. The van der Waals surface area contributed by atoms with E-state index in [-0.39, 0.29) is 0 Å². The Balaban J connectivity index is 1.67. The number of benzene rings is 2. The summed E-state index contributed by atoms with van der Waals surface area (Å²) in [6.07, 6.45) is 0. The average molecular weight is 404 g/mol. The van der Waals surface area contributed by atoms with Crippen LogP contribution in [0.4, 0.5) is 5.69 Å². The van der Waals surface area contributed by atoms with Gasteiger partial charge in [0.2, 0.25) is 10.0 Å². The molecule has 0 aliphatic carbocycles. The molecule has 144 valence electrons. The van der Waals surface area contributed by atoms with Gasteiger partial charge >= 0.3 is 0 Å². The maximum absolute atomic E-state index is 13.0. The second-order valence-electron chi connectivity index (χ2n) is 6.91. The lowest BCUT2D eigenvalue weighted by atomic mass is 10.2. The molecule has 2 aromatic carbocycles. The van der Waals surface area contributed by atoms with Crippen LogP contribution in [-0.4, -0.2) is 48.9 Å². The third kappa shape index (κ3) is 4.31. The lowest BCUT2D eigenvalue weighted by Gasteiger charge is -2.35. The lowest BCUT2D eigenvalue weighted by Crippen LogP contribution is -2.51. The minimum absolute atomic E-state index is 0.400. The molecule has 1 saturated heterocycles. The van der Waals surface area contributed by atoms with Crippen molar-refractivity contribution in [3.8, 4) is 0 Å². The third-order valence-corrected chi connectivity index (χ3v) is 7.27. The van der Waals surface area contributed by atoms with Crippen LogP contribution in [0.2, 0.25) is 0 Å². The van der Waals surface area contributed by atoms with Crippen molar-refractivity contribution in [3.05, 3.63) is 59.2 Å². The van der Waals surface area contributed by atoms with Gasteiger partial charge in [-0.25, -0.2) is 8.42 Å². The molecule has 7 heteroatoms. The molecule has 0 amide bonds. The van der Waals surface area contributed by atoms with Crippen molar-refractivity contribution >= 4 is 33.0 Å². The summed E-state index contributed by atoms with van der Waals surface area (Å²) in [5.74, 6) is 0. The van der Waals surface area contributed by atoms with Crippen molar-refractivity contribution in [1.82, 2.24) is 9.21 Å². The van der Waals surface area contributed by atoms with Crippen molar-refractivity contribution in [1.29, 1.82) is 0 Å². The van der Waals surface area contributed by atoms with Gasteiger partial charge in [0, 0.05) is 31.9 Å². The van der Waals surface area contributed by atoms with Crippen LogP contribution in [-0.2, 0) is 10.0 Å². The van der Waals surface area contributed by atoms with E-state index < -0.39 is 10.0 Å². The Bertz CT molecular complexity index is 949. The summed E-state index contributed by atoms with van der Waals surface area (Å²) < 4.78 is 27.6. The van der Waals surface area contributed by atoms with E-state index in [0.717, 1.165) is 22.4 Å². The molecule has 1 aliphatic heterocycles. The molecule has 27 heavy (non-hydrogen) atoms. The molecule has 0 aromatic heterocycles. The van der Waals surface area contributed by atoms with Gasteiger partial charge in [-0.15, -0.1) is 0 Å². The molecule has 1 N–H and O–H groups in total. The molecule has 1 fully saturated rings. The SMILES string of the molecule is Cc1ccc(C)c(S(=O)(=O)N2CCN(C(=S)Nc3ccccc3C)CC2)c1. The normalized spacial score (nSPS) is 15.6. The number of piperazine rings is 1. The van der Waals surface area contributed by atoms with Crippen LogP contribution in [0.25, 0.3) is 0 Å². The van der Waals surface area contributed by atoms with Gasteiger partial charge in [-0.3, -0.25) is 0 Å². The Labute approximate surface area is 167 Å². The van der Waals surface area contributed by atoms with Crippen molar-refractivity contribution in [2.75, 3.05) is 31.5 Å². The number of aryl methyl sites for hydroxylation is 3. The molecule has 0 bridgehead atoms. The van der Waals surface area contributed by atoms with Crippen LogP contribution in [0.1, 0.15) is 16.7 Å². The second kappa shape index (κ2) is 7.96. The van der Waals surface area contributed by atoms with E-state index >= 15 is 0 Å². The Hall–Kier alpha value is -1.96. The number of nitrogens with zero attached hydrogens (tertiary/aromatic N) is 2. The predicted octanol–water partition coefficient (Wildman–Crippen LogP) is 3.32. The molecule has 3 rings (SSSR count). The maximum Gasteiger partial charge on any atom is 0.243 e. The van der Waals surface area contributed by atoms with Gasteiger partial charge in [0.05, 0.1) is 4.90 Å². The second-order valence-corrected chi connectivity index (χ2v) is 9.20. The molecule has 0 radical (unpaired) electrons. The fourth-order valence-corrected chi connectivity index (χ4v) is 5.19. The van der Waals surface area contributed by atoms with E-state index in [1.807, 2.05) is 62.1 Å². The molecule has 0 unspecified atom stereocenters. The summed E-state index contributed by atoms with van der Waals surface area (Å²) in [6.45, 7) is 7.76. The molecule has 1 heterocycles. The summed E-state index contributed by atoms with van der Waals surface area (Å²) in [6, 6.07) is 13.5. The molecule has 0 spiro atoms. The highest BCUT2D eigenvalue weighted by atomic mass is 32.2. The fourth-order valence-electron chi connectivity index (χ4n) is 3.16. The fraction of sp³-hybridized carbons (Fsp3) is 0.350. The molecular formula is C20H25N3O2S2. The van der Waals surface area contributed by atoms with Crippen LogP contribution in [0.15, 0.2) is 47.4 Å². The first-order valence-corrected chi connectivity index (χ1v) is 10.8. The van der Waals surface area contributed by atoms with Crippen LogP contribution in [0.5, 0.6) is 0 Å². The molecule has 0 atom stereocenters. The van der Waals surface area contributed by atoms with Gasteiger partial charge < -0.3 is 10.2 Å². The van der Waals surface area contributed by atoms with E-state index in [4.69, 9.17) is 12.2 Å². The highest BCUT2D eigenvalue weighted by Gasteiger charge is 2.30. The van der Waals surface area contributed by atoms with Crippen LogP contribution >= 0.6 is 12.2 Å². The summed E-state index contributed by atoms with van der Waals surface area (Å²) in [5.41, 5.74) is 3.82. The monoisotopic (exact) mass is 403 g/mol. The molecule has 0 saturated carbocycles. The summed E-state index contributed by atoms with van der Waals surface area (Å²) in [4.78, 5) is 2.42. The smallest absolute Gasteiger partial charge is 0.243 e. The predicted molar refractivity (Wildman–Crippen MR) is 114 cm³/mol. The van der Waals surface area contributed by atoms with E-state index in [0.29, 0.717) is 36.2 Å². The first kappa shape index (κ1) is 19.8. The number of nitrogens with one attached hydrogen (secondary N) is 1. The van der Waals surface area contributed by atoms with Crippen molar-refractivity contribution < 1.29 is 8.42 Å². The van der Waals surface area contributed by atoms with Crippen molar-refractivity contribution in [3.63, 3.8) is 0 Å². The topological polar surface area (TPSA) is 52.7 Å².